The summed E-state index contributed by atoms with van der Waals surface area (Å²) in [6.45, 7) is 1.96. The molecule has 1 atom stereocenters. The van der Waals surface area contributed by atoms with Crippen LogP contribution in [-0.2, 0) is 19.1 Å². The normalized spacial score (nSPS) is 15.4. The number of fused-ring (bicyclic) bond motifs is 1. The van der Waals surface area contributed by atoms with Gasteiger partial charge in [-0.25, -0.2) is 0 Å². The summed E-state index contributed by atoms with van der Waals surface area (Å²) in [5.74, 6) is 0.688. The van der Waals surface area contributed by atoms with Crippen LogP contribution < -0.4 is 10.3 Å². The average molecular weight is 410 g/mol. The molecule has 1 unspecified atom stereocenters. The average Bonchev–Trinajstić information content (AvgIpc) is 3.08. The maximum absolute atomic E-state index is 13.6. The van der Waals surface area contributed by atoms with Crippen LogP contribution in [-0.4, -0.2) is 10.7 Å². The number of nitrogens with zero attached hydrogens (tertiary/aromatic N) is 2. The molecule has 1 aromatic heterocycles. The van der Waals surface area contributed by atoms with E-state index < -0.39 is 22.9 Å². The maximum Gasteiger partial charge on any atom is 0.417 e. The lowest BCUT2D eigenvalue weighted by molar-refractivity contribution is -0.137. The van der Waals surface area contributed by atoms with Crippen LogP contribution in [0.3, 0.4) is 0 Å². The SMILES string of the molecule is CC1Cc2cc(-c3cc(C(F)(F)F)c(C#N)c(=O)n3Cc3ccccc3)ccc2O1. The van der Waals surface area contributed by atoms with E-state index in [2.05, 4.69) is 0 Å². The molecule has 0 amide bonds. The number of pyridine rings is 1. The fourth-order valence-corrected chi connectivity index (χ4v) is 3.72. The van der Waals surface area contributed by atoms with Crippen molar-refractivity contribution in [1.29, 1.82) is 5.26 Å². The highest BCUT2D eigenvalue weighted by atomic mass is 19.4. The zero-order valence-electron chi connectivity index (χ0n) is 16.0. The minimum Gasteiger partial charge on any atom is -0.490 e. The van der Waals surface area contributed by atoms with Crippen LogP contribution in [0, 0.1) is 11.3 Å². The number of aromatic nitrogens is 1. The molecule has 0 saturated carbocycles. The monoisotopic (exact) mass is 410 g/mol. The first-order valence-corrected chi connectivity index (χ1v) is 9.37. The molecule has 152 valence electrons. The Kier molecular flexibility index (Phi) is 4.86. The topological polar surface area (TPSA) is 55.0 Å². The van der Waals surface area contributed by atoms with E-state index in [1.165, 1.54) is 10.6 Å². The minimum atomic E-state index is -4.82. The predicted octanol–water partition coefficient (Wildman–Crippen LogP) is 4.78. The molecule has 2 aromatic carbocycles. The lowest BCUT2D eigenvalue weighted by Crippen LogP contribution is -2.28. The Balaban J connectivity index is 1.96. The van der Waals surface area contributed by atoms with Crippen LogP contribution in [0.5, 0.6) is 5.75 Å². The second-order valence-corrected chi connectivity index (χ2v) is 7.26. The molecule has 30 heavy (non-hydrogen) atoms. The molecule has 0 saturated heterocycles. The fraction of sp³-hybridized carbons (Fsp3) is 0.217. The molecule has 4 rings (SSSR count). The summed E-state index contributed by atoms with van der Waals surface area (Å²) in [6.07, 6.45) is -4.21. The molecule has 0 N–H and O–H groups in total. The predicted molar refractivity (Wildman–Crippen MR) is 105 cm³/mol. The number of benzene rings is 2. The zero-order chi connectivity index (χ0) is 21.5. The molecule has 7 heteroatoms. The van der Waals surface area contributed by atoms with Gasteiger partial charge in [-0.1, -0.05) is 30.3 Å². The Morgan fingerprint density at radius 3 is 2.57 bits per heavy atom. The number of hydrogen-bond donors (Lipinski definition) is 0. The Hall–Kier alpha value is -3.53. The van der Waals surface area contributed by atoms with E-state index in [1.54, 1.807) is 42.5 Å². The van der Waals surface area contributed by atoms with Gasteiger partial charge < -0.3 is 9.30 Å². The van der Waals surface area contributed by atoms with Crippen LogP contribution in [0.15, 0.2) is 59.4 Å². The quantitative estimate of drug-likeness (QED) is 0.625. The van der Waals surface area contributed by atoms with Crippen LogP contribution in [0.25, 0.3) is 11.3 Å². The Bertz CT molecular complexity index is 1210. The molecular formula is C23H17F3N2O2. The van der Waals surface area contributed by atoms with Gasteiger partial charge in [-0.3, -0.25) is 4.79 Å². The van der Waals surface area contributed by atoms with E-state index in [1.807, 2.05) is 13.0 Å². The number of nitriles is 1. The molecular weight excluding hydrogens is 393 g/mol. The van der Waals surface area contributed by atoms with Crippen molar-refractivity contribution in [3.63, 3.8) is 0 Å². The number of ether oxygens (including phenoxy) is 1. The number of hydrogen-bond acceptors (Lipinski definition) is 3. The first kappa shape index (κ1) is 19.8. The van der Waals surface area contributed by atoms with Crippen LogP contribution in [0.4, 0.5) is 13.2 Å². The highest BCUT2D eigenvalue weighted by Crippen LogP contribution is 2.36. The first-order valence-electron chi connectivity index (χ1n) is 9.37. The molecule has 3 aromatic rings. The van der Waals surface area contributed by atoms with Gasteiger partial charge in [-0.05, 0) is 47.9 Å². The molecule has 0 aliphatic carbocycles. The van der Waals surface area contributed by atoms with Crippen molar-refractivity contribution in [1.82, 2.24) is 4.57 Å². The van der Waals surface area contributed by atoms with Gasteiger partial charge >= 0.3 is 6.18 Å². The molecule has 0 spiro atoms. The van der Waals surface area contributed by atoms with Crippen LogP contribution >= 0.6 is 0 Å². The van der Waals surface area contributed by atoms with Crippen molar-refractivity contribution >= 4 is 0 Å². The van der Waals surface area contributed by atoms with Gasteiger partial charge in [-0.15, -0.1) is 0 Å². The second kappa shape index (κ2) is 7.38. The van der Waals surface area contributed by atoms with Crippen LogP contribution in [0.2, 0.25) is 0 Å². The Morgan fingerprint density at radius 1 is 1.17 bits per heavy atom. The fourth-order valence-electron chi connectivity index (χ4n) is 3.72. The molecule has 0 radical (unpaired) electrons. The molecule has 1 aliphatic heterocycles. The first-order chi connectivity index (χ1) is 14.3. The van der Waals surface area contributed by atoms with Crippen LogP contribution in [0.1, 0.15) is 29.2 Å². The molecule has 0 fully saturated rings. The summed E-state index contributed by atoms with van der Waals surface area (Å²) >= 11 is 0. The molecule has 4 nitrogen and oxygen atoms in total. The zero-order valence-corrected chi connectivity index (χ0v) is 16.0. The molecule has 2 heterocycles. The Morgan fingerprint density at radius 2 is 1.90 bits per heavy atom. The van der Waals surface area contributed by atoms with E-state index in [0.717, 1.165) is 17.2 Å². The second-order valence-electron chi connectivity index (χ2n) is 7.26. The van der Waals surface area contributed by atoms with E-state index in [0.29, 0.717) is 17.7 Å². The Labute approximate surface area is 170 Å². The lowest BCUT2D eigenvalue weighted by Gasteiger charge is -2.18. The van der Waals surface area contributed by atoms with E-state index in [4.69, 9.17) is 4.74 Å². The van der Waals surface area contributed by atoms with E-state index in [9.17, 15) is 23.2 Å². The third-order valence-corrected chi connectivity index (χ3v) is 5.09. The third-order valence-electron chi connectivity index (χ3n) is 5.09. The minimum absolute atomic E-state index is 0.0199. The van der Waals surface area contributed by atoms with Gasteiger partial charge in [0.1, 0.15) is 23.5 Å². The number of alkyl halides is 3. The summed E-state index contributed by atoms with van der Waals surface area (Å²) in [6, 6.07) is 16.4. The number of rotatable bonds is 3. The summed E-state index contributed by atoms with van der Waals surface area (Å²) in [5.41, 5.74) is -0.901. The van der Waals surface area contributed by atoms with Gasteiger partial charge in [0.05, 0.1) is 17.8 Å². The van der Waals surface area contributed by atoms with Gasteiger partial charge in [0.25, 0.3) is 5.56 Å². The smallest absolute Gasteiger partial charge is 0.417 e. The standard InChI is InChI=1S/C23H17F3N2O2/c1-14-9-17-10-16(7-8-21(17)30-14)20-11-19(23(24,25)26)18(12-27)22(29)28(20)13-15-5-3-2-4-6-15/h2-8,10-11,14H,9,13H2,1H3. The number of halogens is 3. The summed E-state index contributed by atoms with van der Waals surface area (Å²) < 4.78 is 47.8. The lowest BCUT2D eigenvalue weighted by atomic mass is 10.0. The van der Waals surface area contributed by atoms with Crippen molar-refractivity contribution in [2.75, 3.05) is 0 Å². The van der Waals surface area contributed by atoms with Crippen molar-refractivity contribution in [2.24, 2.45) is 0 Å². The largest absolute Gasteiger partial charge is 0.490 e. The summed E-state index contributed by atoms with van der Waals surface area (Å²) in [4.78, 5) is 13.0. The van der Waals surface area contributed by atoms with E-state index in [-0.39, 0.29) is 18.3 Å². The molecule has 1 aliphatic rings. The highest BCUT2D eigenvalue weighted by Gasteiger charge is 2.36. The van der Waals surface area contributed by atoms with Crippen molar-refractivity contribution in [2.45, 2.75) is 32.2 Å². The van der Waals surface area contributed by atoms with Gasteiger partial charge in [-0.2, -0.15) is 18.4 Å². The van der Waals surface area contributed by atoms with Gasteiger partial charge in [0.2, 0.25) is 0 Å². The van der Waals surface area contributed by atoms with Gasteiger partial charge in [0.15, 0.2) is 0 Å². The third kappa shape index (κ3) is 3.57. The van der Waals surface area contributed by atoms with Gasteiger partial charge in [0, 0.05) is 6.42 Å². The highest BCUT2D eigenvalue weighted by molar-refractivity contribution is 5.65. The maximum atomic E-state index is 13.6. The van der Waals surface area contributed by atoms with Crippen molar-refractivity contribution in [3.8, 4) is 23.1 Å². The van der Waals surface area contributed by atoms with Crippen molar-refractivity contribution < 1.29 is 17.9 Å². The van der Waals surface area contributed by atoms with Crippen molar-refractivity contribution in [3.05, 3.63) is 87.2 Å². The van der Waals surface area contributed by atoms with E-state index >= 15 is 0 Å². The summed E-state index contributed by atoms with van der Waals surface area (Å²) in [5, 5.41) is 9.29. The molecule has 0 bridgehead atoms. The summed E-state index contributed by atoms with van der Waals surface area (Å²) in [7, 11) is 0.